The number of aliphatic imine (C=N–C) groups is 1. The Balaban J connectivity index is 1.49. The number of para-hydroxylation sites is 1. The minimum absolute atomic E-state index is 0.131. The third kappa shape index (κ3) is 7.73. The van der Waals surface area contributed by atoms with Crippen molar-refractivity contribution in [1.29, 1.82) is 0 Å². The predicted molar refractivity (Wildman–Crippen MR) is 125 cm³/mol. The maximum absolute atomic E-state index is 11.9. The van der Waals surface area contributed by atoms with Crippen LogP contribution in [-0.4, -0.2) is 61.6 Å². The number of rotatable bonds is 10. The van der Waals surface area contributed by atoms with E-state index in [1.807, 2.05) is 12.1 Å². The third-order valence-corrected chi connectivity index (χ3v) is 5.94. The van der Waals surface area contributed by atoms with Crippen molar-refractivity contribution < 1.29 is 9.53 Å². The maximum atomic E-state index is 11.9. The molecule has 172 valence electrons. The van der Waals surface area contributed by atoms with Crippen LogP contribution in [0.3, 0.4) is 0 Å². The van der Waals surface area contributed by atoms with Gasteiger partial charge in [0.05, 0.1) is 19.2 Å². The molecule has 0 radical (unpaired) electrons. The van der Waals surface area contributed by atoms with Crippen molar-refractivity contribution in [3.8, 4) is 5.75 Å². The van der Waals surface area contributed by atoms with E-state index in [0.717, 1.165) is 75.6 Å². The summed E-state index contributed by atoms with van der Waals surface area (Å²) in [4.78, 5) is 19.0. The summed E-state index contributed by atoms with van der Waals surface area (Å²) >= 11 is 0. The SMILES string of the molecule is CCCNC(=O)CN1CCC(NC(=NCc2ccccc2OC2CCC2)NCC)CC1. The van der Waals surface area contributed by atoms with E-state index in [-0.39, 0.29) is 5.91 Å². The van der Waals surface area contributed by atoms with Crippen LogP contribution in [0.4, 0.5) is 0 Å². The summed E-state index contributed by atoms with van der Waals surface area (Å²) in [5.41, 5.74) is 1.12. The van der Waals surface area contributed by atoms with Crippen LogP contribution in [0, 0.1) is 0 Å². The molecule has 7 heteroatoms. The summed E-state index contributed by atoms with van der Waals surface area (Å²) in [7, 11) is 0. The standard InChI is InChI=1S/C24H39N5O2/c1-3-14-26-23(30)18-29-15-12-20(13-16-29)28-24(25-4-2)27-17-19-8-5-6-11-22(19)31-21-9-7-10-21/h5-6,8,11,20-21H,3-4,7,9-10,12-18H2,1-2H3,(H,26,30)(H2,25,27,28). The summed E-state index contributed by atoms with van der Waals surface area (Å²) in [6.45, 7) is 8.68. The lowest BCUT2D eigenvalue weighted by Gasteiger charge is -2.32. The second-order valence-corrected chi connectivity index (χ2v) is 8.52. The van der Waals surface area contributed by atoms with Gasteiger partial charge in [0, 0.05) is 37.8 Å². The first-order valence-corrected chi connectivity index (χ1v) is 12.0. The zero-order chi connectivity index (χ0) is 21.9. The van der Waals surface area contributed by atoms with E-state index in [9.17, 15) is 4.79 Å². The zero-order valence-electron chi connectivity index (χ0n) is 19.2. The second-order valence-electron chi connectivity index (χ2n) is 8.52. The number of hydrogen-bond acceptors (Lipinski definition) is 4. The second kappa shape index (κ2) is 12.5. The minimum atomic E-state index is 0.131. The average molecular weight is 430 g/mol. The molecule has 2 fully saturated rings. The Morgan fingerprint density at radius 1 is 1.13 bits per heavy atom. The number of nitrogens with one attached hydrogen (secondary N) is 3. The molecule has 3 N–H and O–H groups in total. The molecule has 0 spiro atoms. The molecule has 1 aliphatic carbocycles. The molecule has 0 unspecified atom stereocenters. The molecule has 0 atom stereocenters. The lowest BCUT2D eigenvalue weighted by molar-refractivity contribution is -0.122. The Morgan fingerprint density at radius 2 is 1.90 bits per heavy atom. The van der Waals surface area contributed by atoms with E-state index in [1.54, 1.807) is 0 Å². The molecule has 1 heterocycles. The molecule has 1 aliphatic heterocycles. The number of guanidine groups is 1. The van der Waals surface area contributed by atoms with Gasteiger partial charge in [-0.2, -0.15) is 0 Å². The highest BCUT2D eigenvalue weighted by molar-refractivity contribution is 5.80. The van der Waals surface area contributed by atoms with Crippen molar-refractivity contribution in [1.82, 2.24) is 20.9 Å². The summed E-state index contributed by atoms with van der Waals surface area (Å²) < 4.78 is 6.14. The highest BCUT2D eigenvalue weighted by Gasteiger charge is 2.22. The average Bonchev–Trinajstić information content (AvgIpc) is 2.75. The Morgan fingerprint density at radius 3 is 2.58 bits per heavy atom. The Labute approximate surface area is 187 Å². The van der Waals surface area contributed by atoms with Gasteiger partial charge < -0.3 is 20.7 Å². The fraction of sp³-hybridized carbons (Fsp3) is 0.667. The molecule has 7 nitrogen and oxygen atoms in total. The van der Waals surface area contributed by atoms with E-state index >= 15 is 0 Å². The monoisotopic (exact) mass is 429 g/mol. The van der Waals surface area contributed by atoms with E-state index in [2.05, 4.69) is 46.8 Å². The van der Waals surface area contributed by atoms with Crippen molar-refractivity contribution in [2.24, 2.45) is 4.99 Å². The molecule has 1 saturated carbocycles. The first-order valence-electron chi connectivity index (χ1n) is 12.0. The van der Waals surface area contributed by atoms with Gasteiger partial charge in [-0.05, 0) is 51.5 Å². The van der Waals surface area contributed by atoms with Crippen LogP contribution in [-0.2, 0) is 11.3 Å². The normalized spacial score (nSPS) is 18.3. The summed E-state index contributed by atoms with van der Waals surface area (Å²) in [5, 5.41) is 9.92. The summed E-state index contributed by atoms with van der Waals surface area (Å²) in [6.07, 6.45) is 6.93. The lowest BCUT2D eigenvalue weighted by Crippen LogP contribution is -2.50. The molecular formula is C24H39N5O2. The first-order chi connectivity index (χ1) is 15.2. The quantitative estimate of drug-likeness (QED) is 0.394. The van der Waals surface area contributed by atoms with E-state index in [1.165, 1.54) is 6.42 Å². The van der Waals surface area contributed by atoms with Crippen LogP contribution in [0.5, 0.6) is 5.75 Å². The lowest BCUT2D eigenvalue weighted by atomic mass is 9.96. The van der Waals surface area contributed by atoms with Gasteiger partial charge in [0.25, 0.3) is 0 Å². The van der Waals surface area contributed by atoms with Crippen LogP contribution < -0.4 is 20.7 Å². The van der Waals surface area contributed by atoms with Gasteiger partial charge in [-0.1, -0.05) is 25.1 Å². The molecule has 3 rings (SSSR count). The van der Waals surface area contributed by atoms with E-state index < -0.39 is 0 Å². The Kier molecular flexibility index (Phi) is 9.46. The fourth-order valence-electron chi connectivity index (χ4n) is 3.85. The van der Waals surface area contributed by atoms with E-state index in [0.29, 0.717) is 25.2 Å². The maximum Gasteiger partial charge on any atom is 0.234 e. The van der Waals surface area contributed by atoms with Crippen LogP contribution >= 0.6 is 0 Å². The number of ether oxygens (including phenoxy) is 1. The Hall–Kier alpha value is -2.28. The van der Waals surface area contributed by atoms with Crippen molar-refractivity contribution >= 4 is 11.9 Å². The van der Waals surface area contributed by atoms with Crippen molar-refractivity contribution in [3.63, 3.8) is 0 Å². The van der Waals surface area contributed by atoms with Crippen LogP contribution in [0.15, 0.2) is 29.3 Å². The van der Waals surface area contributed by atoms with Gasteiger partial charge in [-0.25, -0.2) is 4.99 Å². The molecule has 1 aromatic carbocycles. The van der Waals surface area contributed by atoms with Gasteiger partial charge in [0.15, 0.2) is 5.96 Å². The van der Waals surface area contributed by atoms with Crippen molar-refractivity contribution in [3.05, 3.63) is 29.8 Å². The first kappa shape index (κ1) is 23.4. The number of benzene rings is 1. The molecular weight excluding hydrogens is 390 g/mol. The van der Waals surface area contributed by atoms with Gasteiger partial charge in [0.1, 0.15) is 5.75 Å². The topological polar surface area (TPSA) is 78.0 Å². The van der Waals surface area contributed by atoms with Crippen molar-refractivity contribution in [2.75, 3.05) is 32.7 Å². The van der Waals surface area contributed by atoms with Gasteiger partial charge in [0.2, 0.25) is 5.91 Å². The fourth-order valence-corrected chi connectivity index (χ4v) is 3.85. The number of likely N-dealkylation sites (tertiary alicyclic amines) is 1. The molecule has 2 aliphatic rings. The van der Waals surface area contributed by atoms with Gasteiger partial charge in [-0.3, -0.25) is 9.69 Å². The number of carbonyl (C=O) groups excluding carboxylic acids is 1. The number of piperidine rings is 1. The van der Waals surface area contributed by atoms with Gasteiger partial charge >= 0.3 is 0 Å². The van der Waals surface area contributed by atoms with Crippen molar-refractivity contribution in [2.45, 2.75) is 71.1 Å². The van der Waals surface area contributed by atoms with Crippen LogP contribution in [0.2, 0.25) is 0 Å². The molecule has 0 aromatic heterocycles. The van der Waals surface area contributed by atoms with E-state index in [4.69, 9.17) is 9.73 Å². The number of hydrogen-bond donors (Lipinski definition) is 3. The molecule has 1 amide bonds. The Bertz CT molecular complexity index is 712. The third-order valence-electron chi connectivity index (χ3n) is 5.94. The molecule has 1 aromatic rings. The summed E-state index contributed by atoms with van der Waals surface area (Å²) in [5.74, 6) is 1.94. The summed E-state index contributed by atoms with van der Waals surface area (Å²) in [6, 6.07) is 8.60. The zero-order valence-corrected chi connectivity index (χ0v) is 19.2. The highest BCUT2D eigenvalue weighted by atomic mass is 16.5. The molecule has 1 saturated heterocycles. The predicted octanol–water partition coefficient (Wildman–Crippen LogP) is 2.66. The van der Waals surface area contributed by atoms with Crippen LogP contribution in [0.1, 0.15) is 57.9 Å². The molecule has 31 heavy (non-hydrogen) atoms. The largest absolute Gasteiger partial charge is 0.490 e. The highest BCUT2D eigenvalue weighted by Crippen LogP contribution is 2.27. The minimum Gasteiger partial charge on any atom is -0.490 e. The van der Waals surface area contributed by atoms with Gasteiger partial charge in [-0.15, -0.1) is 0 Å². The number of amides is 1. The van der Waals surface area contributed by atoms with Crippen LogP contribution in [0.25, 0.3) is 0 Å². The number of nitrogens with zero attached hydrogens (tertiary/aromatic N) is 2. The smallest absolute Gasteiger partial charge is 0.234 e. The number of carbonyl (C=O) groups is 1. The molecule has 0 bridgehead atoms.